The number of hydrogen-bond acceptors (Lipinski definition) is 3. The number of aromatic amines is 1. The first-order valence-corrected chi connectivity index (χ1v) is 8.50. The standard InChI is InChI=1S/C20H21N3O3/c24-17(9-6-14-4-2-1-3-5-14)13-22-19(25)20(26)23-16-8-7-15-10-11-21-18(15)12-16/h1-5,7-8,10-12,17,21,24H,6,9,13H2,(H,22,25)(H,23,26). The number of fused-ring (bicyclic) bond motifs is 1. The van der Waals surface area contributed by atoms with Crippen LogP contribution in [-0.2, 0) is 16.0 Å². The average molecular weight is 351 g/mol. The van der Waals surface area contributed by atoms with E-state index >= 15 is 0 Å². The molecule has 3 aromatic rings. The fourth-order valence-electron chi connectivity index (χ4n) is 2.68. The molecule has 4 N–H and O–H groups in total. The number of aryl methyl sites for hydroxylation is 1. The molecule has 1 unspecified atom stereocenters. The van der Waals surface area contributed by atoms with Crippen molar-refractivity contribution in [3.63, 3.8) is 0 Å². The minimum Gasteiger partial charge on any atom is -0.391 e. The summed E-state index contributed by atoms with van der Waals surface area (Å²) in [7, 11) is 0. The van der Waals surface area contributed by atoms with E-state index in [2.05, 4.69) is 15.6 Å². The van der Waals surface area contributed by atoms with Gasteiger partial charge in [-0.3, -0.25) is 9.59 Å². The smallest absolute Gasteiger partial charge is 0.313 e. The van der Waals surface area contributed by atoms with Gasteiger partial charge in [0.2, 0.25) is 0 Å². The van der Waals surface area contributed by atoms with Crippen LogP contribution in [0.5, 0.6) is 0 Å². The first kappa shape index (κ1) is 17.7. The molecule has 26 heavy (non-hydrogen) atoms. The molecule has 134 valence electrons. The van der Waals surface area contributed by atoms with Crippen LogP contribution in [0.1, 0.15) is 12.0 Å². The molecule has 1 heterocycles. The van der Waals surface area contributed by atoms with Crippen molar-refractivity contribution in [2.45, 2.75) is 18.9 Å². The van der Waals surface area contributed by atoms with Gasteiger partial charge in [-0.2, -0.15) is 0 Å². The van der Waals surface area contributed by atoms with Crippen LogP contribution in [0.4, 0.5) is 5.69 Å². The second-order valence-corrected chi connectivity index (χ2v) is 6.12. The molecule has 0 spiro atoms. The van der Waals surface area contributed by atoms with Crippen LogP contribution < -0.4 is 10.6 Å². The zero-order valence-corrected chi connectivity index (χ0v) is 14.2. The summed E-state index contributed by atoms with van der Waals surface area (Å²) < 4.78 is 0. The number of nitrogens with one attached hydrogen (secondary N) is 3. The molecule has 0 aliphatic heterocycles. The van der Waals surface area contributed by atoms with Crippen LogP contribution in [0.25, 0.3) is 10.9 Å². The molecule has 0 aliphatic carbocycles. The SMILES string of the molecule is O=C(NCC(O)CCc1ccccc1)C(=O)Nc1ccc2cc[nH]c2c1. The number of aliphatic hydroxyl groups is 1. The van der Waals surface area contributed by atoms with Gasteiger partial charge in [-0.15, -0.1) is 0 Å². The minimum absolute atomic E-state index is 0.0365. The van der Waals surface area contributed by atoms with Gasteiger partial charge in [0, 0.05) is 23.9 Å². The van der Waals surface area contributed by atoms with Gasteiger partial charge in [0.05, 0.1) is 6.10 Å². The quantitative estimate of drug-likeness (QED) is 0.513. The number of aromatic nitrogens is 1. The number of hydrogen-bond donors (Lipinski definition) is 4. The first-order chi connectivity index (χ1) is 12.6. The maximum absolute atomic E-state index is 12.0. The van der Waals surface area contributed by atoms with Crippen LogP contribution in [0.15, 0.2) is 60.8 Å². The highest BCUT2D eigenvalue weighted by molar-refractivity contribution is 6.39. The molecule has 3 rings (SSSR count). The van der Waals surface area contributed by atoms with E-state index in [1.54, 1.807) is 18.3 Å². The van der Waals surface area contributed by atoms with Crippen molar-refractivity contribution in [2.24, 2.45) is 0 Å². The summed E-state index contributed by atoms with van der Waals surface area (Å²) in [5.74, 6) is -1.53. The Morgan fingerprint density at radius 1 is 1.04 bits per heavy atom. The Morgan fingerprint density at radius 3 is 2.65 bits per heavy atom. The Bertz CT molecular complexity index is 889. The van der Waals surface area contributed by atoms with Gasteiger partial charge in [0.15, 0.2) is 0 Å². The fraction of sp³-hybridized carbons (Fsp3) is 0.200. The monoisotopic (exact) mass is 351 g/mol. The molecule has 2 amide bonds. The molecule has 0 fully saturated rings. The van der Waals surface area contributed by atoms with Gasteiger partial charge in [-0.25, -0.2) is 0 Å². The maximum atomic E-state index is 12.0. The van der Waals surface area contributed by atoms with E-state index < -0.39 is 17.9 Å². The zero-order chi connectivity index (χ0) is 18.4. The fourth-order valence-corrected chi connectivity index (χ4v) is 2.68. The van der Waals surface area contributed by atoms with Gasteiger partial charge >= 0.3 is 11.8 Å². The first-order valence-electron chi connectivity index (χ1n) is 8.50. The van der Waals surface area contributed by atoms with Crippen molar-refractivity contribution in [1.29, 1.82) is 0 Å². The van der Waals surface area contributed by atoms with Gasteiger partial charge in [0.1, 0.15) is 0 Å². The van der Waals surface area contributed by atoms with Crippen LogP contribution >= 0.6 is 0 Å². The lowest BCUT2D eigenvalue weighted by Crippen LogP contribution is -2.39. The van der Waals surface area contributed by atoms with Crippen molar-refractivity contribution in [3.8, 4) is 0 Å². The lowest BCUT2D eigenvalue weighted by Gasteiger charge is -2.12. The van der Waals surface area contributed by atoms with E-state index in [0.29, 0.717) is 18.5 Å². The van der Waals surface area contributed by atoms with E-state index in [1.165, 1.54) is 0 Å². The molecule has 0 bridgehead atoms. The largest absolute Gasteiger partial charge is 0.391 e. The summed E-state index contributed by atoms with van der Waals surface area (Å²) in [6.07, 6.45) is 2.32. The number of benzene rings is 2. The second-order valence-electron chi connectivity index (χ2n) is 6.12. The summed E-state index contributed by atoms with van der Waals surface area (Å²) in [6.45, 7) is 0.0365. The maximum Gasteiger partial charge on any atom is 0.313 e. The molecule has 0 radical (unpaired) electrons. The number of H-pyrrole nitrogens is 1. The summed E-state index contributed by atoms with van der Waals surface area (Å²) >= 11 is 0. The number of carbonyl (C=O) groups is 2. The summed E-state index contributed by atoms with van der Waals surface area (Å²) in [6, 6.07) is 17.1. The lowest BCUT2D eigenvalue weighted by atomic mass is 10.1. The van der Waals surface area contributed by atoms with E-state index in [1.807, 2.05) is 42.5 Å². The van der Waals surface area contributed by atoms with Crippen LogP contribution in [0, 0.1) is 0 Å². The summed E-state index contributed by atoms with van der Waals surface area (Å²) in [4.78, 5) is 26.9. The topological polar surface area (TPSA) is 94.2 Å². The molecular formula is C20H21N3O3. The number of rotatable bonds is 6. The molecule has 0 saturated heterocycles. The molecular weight excluding hydrogens is 330 g/mol. The van der Waals surface area contributed by atoms with E-state index in [0.717, 1.165) is 16.5 Å². The van der Waals surface area contributed by atoms with E-state index in [-0.39, 0.29) is 6.54 Å². The third kappa shape index (κ3) is 4.70. The Hall–Kier alpha value is -3.12. The molecule has 2 aromatic carbocycles. The Kier molecular flexibility index (Phi) is 5.66. The number of carbonyl (C=O) groups excluding carboxylic acids is 2. The Balaban J connectivity index is 1.44. The molecule has 6 heteroatoms. The van der Waals surface area contributed by atoms with Crippen LogP contribution in [-0.4, -0.2) is 34.6 Å². The van der Waals surface area contributed by atoms with Crippen molar-refractivity contribution < 1.29 is 14.7 Å². The summed E-state index contributed by atoms with van der Waals surface area (Å²) in [5, 5.41) is 16.0. The van der Waals surface area contributed by atoms with Gasteiger partial charge in [0.25, 0.3) is 0 Å². The molecule has 0 aliphatic rings. The third-order valence-electron chi connectivity index (χ3n) is 4.13. The Labute approximate surface area is 151 Å². The normalized spacial score (nSPS) is 11.9. The Morgan fingerprint density at radius 2 is 1.85 bits per heavy atom. The van der Waals surface area contributed by atoms with Crippen molar-refractivity contribution in [2.75, 3.05) is 11.9 Å². The van der Waals surface area contributed by atoms with Crippen molar-refractivity contribution in [1.82, 2.24) is 10.3 Å². The summed E-state index contributed by atoms with van der Waals surface area (Å²) in [5.41, 5.74) is 2.53. The predicted molar refractivity (Wildman–Crippen MR) is 101 cm³/mol. The number of anilines is 1. The molecule has 0 saturated carbocycles. The number of amides is 2. The van der Waals surface area contributed by atoms with Crippen LogP contribution in [0.3, 0.4) is 0 Å². The van der Waals surface area contributed by atoms with Gasteiger partial charge in [-0.05, 0) is 42.0 Å². The molecule has 6 nitrogen and oxygen atoms in total. The minimum atomic E-state index is -0.768. The zero-order valence-electron chi connectivity index (χ0n) is 14.2. The third-order valence-corrected chi connectivity index (χ3v) is 4.13. The predicted octanol–water partition coefficient (Wildman–Crippen LogP) is 2.22. The number of aliphatic hydroxyl groups excluding tert-OH is 1. The van der Waals surface area contributed by atoms with E-state index in [9.17, 15) is 14.7 Å². The second kappa shape index (κ2) is 8.31. The highest BCUT2D eigenvalue weighted by atomic mass is 16.3. The molecule has 1 aromatic heterocycles. The van der Waals surface area contributed by atoms with Crippen LogP contribution in [0.2, 0.25) is 0 Å². The van der Waals surface area contributed by atoms with Crippen molar-refractivity contribution in [3.05, 3.63) is 66.4 Å². The lowest BCUT2D eigenvalue weighted by molar-refractivity contribution is -0.136. The van der Waals surface area contributed by atoms with Gasteiger partial charge < -0.3 is 20.7 Å². The average Bonchev–Trinajstić information content (AvgIpc) is 3.13. The van der Waals surface area contributed by atoms with Gasteiger partial charge in [-0.1, -0.05) is 36.4 Å². The highest BCUT2D eigenvalue weighted by Gasteiger charge is 2.15. The van der Waals surface area contributed by atoms with Crippen molar-refractivity contribution >= 4 is 28.4 Å². The highest BCUT2D eigenvalue weighted by Crippen LogP contribution is 2.17. The van der Waals surface area contributed by atoms with E-state index in [4.69, 9.17) is 0 Å². The molecule has 1 atom stereocenters.